The maximum absolute atomic E-state index is 13.5. The standard InChI is InChI=1S/C29H27Cl2N3O6.C26H21ClFNO6/c1-16-9-19(5-6-20(16)31)38-12-25(35)32-28-13-29(14-28,15-28)33-26(36)24-11-34(27(37)23-7-3-17(2)39-23)21-10-18(30)4-8-22(21)40-24;27-18-4-2-16(7-19(18)28)34-10-15(30)9-25-11-26(12-25,13-25)29-24(32)21-8-20(31)17-3-1-14-5-6-33-22(14)23(17)35-21/h3-10,24H,11-15H2,1-2H3,(H,32,35)(H,33,36);1-4,7-8H,5-6,9-13H2,(H,29,32). The highest BCUT2D eigenvalue weighted by Crippen LogP contribution is 2.69. The van der Waals surface area contributed by atoms with Crippen LogP contribution in [0.25, 0.3) is 11.0 Å². The number of carbonyl (C=O) groups excluding carboxylic acids is 5. The van der Waals surface area contributed by atoms with E-state index in [1.165, 1.54) is 23.1 Å². The summed E-state index contributed by atoms with van der Waals surface area (Å²) in [6, 6.07) is 22.3. The number of anilines is 1. The average molecular weight is 1080 g/mol. The lowest BCUT2D eigenvalue weighted by molar-refractivity contribution is -0.163. The summed E-state index contributed by atoms with van der Waals surface area (Å²) in [5, 5.41) is 10.6. The number of rotatable bonds is 14. The van der Waals surface area contributed by atoms with Crippen molar-refractivity contribution < 1.29 is 56.1 Å². The van der Waals surface area contributed by atoms with Gasteiger partial charge in [-0.05, 0) is 130 Å². The van der Waals surface area contributed by atoms with Gasteiger partial charge in [-0.1, -0.05) is 40.9 Å². The zero-order valence-corrected chi connectivity index (χ0v) is 42.8. The van der Waals surface area contributed by atoms with Crippen LogP contribution in [0.5, 0.6) is 23.0 Å². The Kier molecular flexibility index (Phi) is 12.6. The van der Waals surface area contributed by atoms with Crippen LogP contribution in [0.1, 0.15) is 82.9 Å². The van der Waals surface area contributed by atoms with Gasteiger partial charge >= 0.3 is 0 Å². The van der Waals surface area contributed by atoms with Crippen LogP contribution in [0.4, 0.5) is 10.1 Å². The molecule has 6 aromatic rings. The molecule has 0 spiro atoms. The zero-order chi connectivity index (χ0) is 52.6. The number of ether oxygens (including phenoxy) is 4. The van der Waals surface area contributed by atoms with E-state index in [1.54, 1.807) is 61.5 Å². The normalized spacial score (nSPS) is 23.9. The lowest BCUT2D eigenvalue weighted by Crippen LogP contribution is -2.84. The number of ketones is 1. The summed E-state index contributed by atoms with van der Waals surface area (Å²) in [6.45, 7) is 3.87. The Morgan fingerprint density at radius 2 is 1.45 bits per heavy atom. The number of hydrogen-bond acceptors (Lipinski definition) is 12. The zero-order valence-electron chi connectivity index (χ0n) is 40.5. The summed E-state index contributed by atoms with van der Waals surface area (Å²) in [7, 11) is 0. The van der Waals surface area contributed by atoms with Gasteiger partial charge in [-0.25, -0.2) is 4.39 Å². The van der Waals surface area contributed by atoms with Crippen molar-refractivity contribution in [3.63, 3.8) is 0 Å². The number of furan rings is 1. The van der Waals surface area contributed by atoms with Crippen LogP contribution in [-0.4, -0.2) is 78.5 Å². The monoisotopic (exact) mass is 1080 g/mol. The van der Waals surface area contributed by atoms with E-state index in [4.69, 9.17) is 62.6 Å². The Balaban J connectivity index is 0.000000162. The molecular formula is C55H48Cl3FN4O12. The molecular weight excluding hydrogens is 1030 g/mol. The Bertz CT molecular complexity index is 3410. The summed E-state index contributed by atoms with van der Waals surface area (Å²) in [5.41, 5.74) is 1.00. The fourth-order valence-corrected chi connectivity index (χ4v) is 12.0. The first-order chi connectivity index (χ1) is 35.8. The molecule has 16 nitrogen and oxygen atoms in total. The minimum atomic E-state index is -0.926. The number of halogens is 4. The topological polar surface area (TPSA) is 205 Å². The summed E-state index contributed by atoms with van der Waals surface area (Å²) in [4.78, 5) is 78.4. The molecule has 3 N–H and O–H groups in total. The third-order valence-electron chi connectivity index (χ3n) is 14.8. The lowest BCUT2D eigenvalue weighted by Gasteiger charge is -2.70. The maximum atomic E-state index is 13.5. The van der Waals surface area contributed by atoms with E-state index in [0.717, 1.165) is 23.6 Å². The summed E-state index contributed by atoms with van der Waals surface area (Å²) in [6.07, 6.45) is 3.99. The molecule has 6 saturated carbocycles. The predicted molar refractivity (Wildman–Crippen MR) is 273 cm³/mol. The number of Topliss-reactive ketones (excluding diaryl/α,β-unsaturated/α-hetero) is 1. The van der Waals surface area contributed by atoms with Crippen LogP contribution in [0.15, 0.2) is 98.6 Å². The second-order valence-electron chi connectivity index (χ2n) is 20.7. The number of benzene rings is 4. The first kappa shape index (κ1) is 50.1. The van der Waals surface area contributed by atoms with E-state index in [9.17, 15) is 33.2 Å². The van der Waals surface area contributed by atoms with Crippen LogP contribution in [0.2, 0.25) is 15.1 Å². The van der Waals surface area contributed by atoms with Crippen molar-refractivity contribution in [2.45, 2.75) is 87.9 Å². The minimum absolute atomic E-state index is 0.00275. The molecule has 14 rings (SSSR count). The van der Waals surface area contributed by atoms with Crippen molar-refractivity contribution >= 4 is 80.9 Å². The smallest absolute Gasteiger partial charge is 0.294 e. The summed E-state index contributed by atoms with van der Waals surface area (Å²) >= 11 is 17.9. The first-order valence-electron chi connectivity index (χ1n) is 24.3. The fraction of sp³-hybridized carbons (Fsp3) is 0.345. The van der Waals surface area contributed by atoms with Crippen LogP contribution in [0.3, 0.4) is 0 Å². The summed E-state index contributed by atoms with van der Waals surface area (Å²) < 4.78 is 47.5. The molecule has 0 radical (unpaired) electrons. The van der Waals surface area contributed by atoms with Gasteiger partial charge in [0.05, 0.1) is 29.2 Å². The SMILES string of the molecule is Cc1ccc(C(=O)N2CC(C(=O)NC34CC(NC(=O)COc5ccc(Cl)c(C)c5)(C3)C4)Oc3ccc(Cl)cc32)o1.O=C(COc1ccc(Cl)c(F)c1)CC12CC(NC(=O)c3cc(=O)c4ccc5c(c4o3)OCC5)(C1)C2. The van der Waals surface area contributed by atoms with Crippen LogP contribution >= 0.6 is 34.8 Å². The quantitative estimate of drug-likeness (QED) is 0.0936. The van der Waals surface area contributed by atoms with Crippen LogP contribution < -0.4 is 45.2 Å². The molecule has 6 aliphatic carbocycles. The molecule has 20 heteroatoms. The van der Waals surface area contributed by atoms with Crippen LogP contribution in [0, 0.1) is 25.1 Å². The van der Waals surface area contributed by atoms with Gasteiger partial charge in [0.15, 0.2) is 46.8 Å². The molecule has 0 saturated heterocycles. The third-order valence-corrected chi connectivity index (χ3v) is 15.8. The second kappa shape index (κ2) is 18.9. The van der Waals surface area contributed by atoms with Crippen molar-refractivity contribution in [3.05, 3.63) is 144 Å². The number of nitrogens with one attached hydrogen (secondary N) is 3. The number of amides is 4. The Morgan fingerprint density at radius 1 is 0.747 bits per heavy atom. The highest BCUT2D eigenvalue weighted by atomic mass is 35.5. The lowest BCUT2D eigenvalue weighted by atomic mass is 9.38. The van der Waals surface area contributed by atoms with Gasteiger partial charge in [0.1, 0.15) is 35.4 Å². The molecule has 388 valence electrons. The fourth-order valence-electron chi connectivity index (χ4n) is 11.6. The van der Waals surface area contributed by atoms with Gasteiger partial charge in [0, 0.05) is 57.2 Å². The highest BCUT2D eigenvalue weighted by Gasteiger charge is 2.70. The van der Waals surface area contributed by atoms with E-state index >= 15 is 0 Å². The summed E-state index contributed by atoms with van der Waals surface area (Å²) in [5.74, 6) is 0.366. The maximum Gasteiger partial charge on any atom is 0.294 e. The van der Waals surface area contributed by atoms with E-state index in [2.05, 4.69) is 16.0 Å². The van der Waals surface area contributed by atoms with Crippen molar-refractivity contribution in [1.82, 2.24) is 16.0 Å². The third kappa shape index (κ3) is 9.77. The molecule has 1 unspecified atom stereocenters. The molecule has 75 heavy (non-hydrogen) atoms. The van der Waals surface area contributed by atoms with Gasteiger partial charge in [0.2, 0.25) is 0 Å². The molecule has 4 heterocycles. The van der Waals surface area contributed by atoms with Gasteiger partial charge < -0.3 is 43.7 Å². The van der Waals surface area contributed by atoms with Crippen molar-refractivity contribution in [1.29, 1.82) is 0 Å². The first-order valence-corrected chi connectivity index (χ1v) is 25.4. The second-order valence-corrected chi connectivity index (χ2v) is 22.0. The number of carbonyl (C=O) groups is 5. The molecule has 4 aromatic carbocycles. The highest BCUT2D eigenvalue weighted by molar-refractivity contribution is 6.31. The van der Waals surface area contributed by atoms with E-state index < -0.39 is 23.4 Å². The number of fused-ring (bicyclic) bond motifs is 4. The molecule has 4 amide bonds. The van der Waals surface area contributed by atoms with Crippen molar-refractivity contribution in [2.24, 2.45) is 5.41 Å². The Morgan fingerprint density at radius 3 is 2.17 bits per heavy atom. The largest absolute Gasteiger partial charge is 0.489 e. The molecule has 2 aromatic heterocycles. The molecule has 1 atom stereocenters. The van der Waals surface area contributed by atoms with Crippen molar-refractivity contribution in [2.75, 3.05) is 31.3 Å². The van der Waals surface area contributed by atoms with Crippen molar-refractivity contribution in [3.8, 4) is 23.0 Å². The average Bonchev–Trinajstić information content (AvgIpc) is 4.09. The molecule has 2 aliphatic heterocycles. The minimum Gasteiger partial charge on any atom is -0.489 e. The number of aryl methyl sites for hydroxylation is 2. The number of hydrogen-bond donors (Lipinski definition) is 3. The van der Waals surface area contributed by atoms with Gasteiger partial charge in [-0.2, -0.15) is 0 Å². The van der Waals surface area contributed by atoms with Gasteiger partial charge in [-0.15, -0.1) is 0 Å². The van der Waals surface area contributed by atoms with Crippen LogP contribution in [-0.2, 0) is 20.8 Å². The Labute approximate surface area is 443 Å². The molecule has 8 aliphatic rings. The van der Waals surface area contributed by atoms with Gasteiger partial charge in [-0.3, -0.25) is 33.7 Å². The Hall–Kier alpha value is -7.08. The molecule has 4 bridgehead atoms. The van der Waals surface area contributed by atoms with E-state index in [1.807, 2.05) is 13.0 Å². The van der Waals surface area contributed by atoms with Gasteiger partial charge in [0.25, 0.3) is 23.6 Å². The van der Waals surface area contributed by atoms with E-state index in [-0.39, 0.29) is 87.5 Å². The predicted octanol–water partition coefficient (Wildman–Crippen LogP) is 8.81. The molecule has 6 fully saturated rings. The number of nitrogens with zero attached hydrogens (tertiary/aromatic N) is 1. The van der Waals surface area contributed by atoms with E-state index in [0.29, 0.717) is 101 Å².